The summed E-state index contributed by atoms with van der Waals surface area (Å²) in [5.41, 5.74) is 1.32. The highest BCUT2D eigenvalue weighted by Gasteiger charge is 2.28. The average Bonchev–Trinajstić information content (AvgIpc) is 2.67. The number of benzene rings is 2. The SMILES string of the molecule is COc1cc(CN(CC(OC)OC)S(=O)(=O)c2ccc(C)cc2)c(Cl)cc1F. The molecule has 0 heterocycles. The molecule has 0 aliphatic carbocycles. The number of hydrogen-bond acceptors (Lipinski definition) is 5. The van der Waals surface area contributed by atoms with E-state index < -0.39 is 22.1 Å². The molecule has 0 aliphatic heterocycles. The summed E-state index contributed by atoms with van der Waals surface area (Å²) in [5, 5.41) is 0.0915. The third-order valence-corrected chi connectivity index (χ3v) is 6.38. The van der Waals surface area contributed by atoms with Crippen LogP contribution in [0.1, 0.15) is 11.1 Å². The van der Waals surface area contributed by atoms with Crippen molar-refractivity contribution in [1.82, 2.24) is 4.31 Å². The zero-order valence-corrected chi connectivity index (χ0v) is 17.7. The Bertz CT molecular complexity index is 901. The Morgan fingerprint density at radius 3 is 2.25 bits per heavy atom. The lowest BCUT2D eigenvalue weighted by Gasteiger charge is -2.26. The van der Waals surface area contributed by atoms with E-state index in [1.165, 1.54) is 43.8 Å². The summed E-state index contributed by atoms with van der Waals surface area (Å²) < 4.78 is 56.8. The Morgan fingerprint density at radius 1 is 1.11 bits per heavy atom. The van der Waals surface area contributed by atoms with Crippen molar-refractivity contribution in [2.75, 3.05) is 27.9 Å². The molecule has 0 atom stereocenters. The summed E-state index contributed by atoms with van der Waals surface area (Å²) in [6.07, 6.45) is -0.790. The molecule has 0 bridgehead atoms. The molecule has 6 nitrogen and oxygen atoms in total. The van der Waals surface area contributed by atoms with Gasteiger partial charge in [-0.3, -0.25) is 0 Å². The van der Waals surface area contributed by atoms with Gasteiger partial charge in [0.05, 0.1) is 18.6 Å². The first kappa shape index (κ1) is 22.6. The van der Waals surface area contributed by atoms with Crippen LogP contribution in [0.3, 0.4) is 0 Å². The van der Waals surface area contributed by atoms with Crippen molar-refractivity contribution in [2.24, 2.45) is 0 Å². The zero-order chi connectivity index (χ0) is 20.9. The van der Waals surface area contributed by atoms with Gasteiger partial charge in [0.25, 0.3) is 0 Å². The second-order valence-corrected chi connectivity index (χ2v) is 8.43. The molecular weight excluding hydrogens is 409 g/mol. The predicted molar refractivity (Wildman–Crippen MR) is 105 cm³/mol. The van der Waals surface area contributed by atoms with Gasteiger partial charge in [0, 0.05) is 25.8 Å². The zero-order valence-electron chi connectivity index (χ0n) is 16.1. The minimum Gasteiger partial charge on any atom is -0.494 e. The van der Waals surface area contributed by atoms with Crippen LogP contribution in [-0.4, -0.2) is 46.9 Å². The smallest absolute Gasteiger partial charge is 0.243 e. The molecule has 0 aromatic heterocycles. The molecule has 0 spiro atoms. The number of nitrogens with zero attached hydrogens (tertiary/aromatic N) is 1. The minimum atomic E-state index is -3.90. The molecule has 0 radical (unpaired) electrons. The monoisotopic (exact) mass is 431 g/mol. The van der Waals surface area contributed by atoms with Crippen LogP contribution in [0.25, 0.3) is 0 Å². The van der Waals surface area contributed by atoms with Crippen molar-refractivity contribution >= 4 is 21.6 Å². The maximum absolute atomic E-state index is 13.8. The first-order valence-electron chi connectivity index (χ1n) is 8.37. The number of aryl methyl sites for hydroxylation is 1. The Labute approximate surface area is 169 Å². The first-order valence-corrected chi connectivity index (χ1v) is 10.2. The van der Waals surface area contributed by atoms with Gasteiger partial charge in [0.2, 0.25) is 10.0 Å². The van der Waals surface area contributed by atoms with E-state index in [0.717, 1.165) is 11.6 Å². The van der Waals surface area contributed by atoms with Crippen molar-refractivity contribution in [1.29, 1.82) is 0 Å². The largest absolute Gasteiger partial charge is 0.494 e. The minimum absolute atomic E-state index is 0.0258. The van der Waals surface area contributed by atoms with Crippen LogP contribution in [-0.2, 0) is 26.0 Å². The van der Waals surface area contributed by atoms with Gasteiger partial charge in [-0.1, -0.05) is 29.3 Å². The fourth-order valence-electron chi connectivity index (χ4n) is 2.56. The molecule has 0 N–H and O–H groups in total. The van der Waals surface area contributed by atoms with E-state index in [4.69, 9.17) is 25.8 Å². The van der Waals surface area contributed by atoms with E-state index in [-0.39, 0.29) is 28.8 Å². The maximum Gasteiger partial charge on any atom is 0.243 e. The highest BCUT2D eigenvalue weighted by molar-refractivity contribution is 7.89. The molecule has 9 heteroatoms. The quantitative estimate of drug-likeness (QED) is 0.567. The van der Waals surface area contributed by atoms with E-state index in [9.17, 15) is 12.8 Å². The summed E-state index contributed by atoms with van der Waals surface area (Å²) in [5.74, 6) is -0.655. The van der Waals surface area contributed by atoms with Crippen molar-refractivity contribution in [2.45, 2.75) is 24.7 Å². The van der Waals surface area contributed by atoms with Gasteiger partial charge in [-0.2, -0.15) is 4.31 Å². The van der Waals surface area contributed by atoms with Gasteiger partial charge >= 0.3 is 0 Å². The van der Waals surface area contributed by atoms with Gasteiger partial charge in [-0.05, 0) is 36.8 Å². The van der Waals surface area contributed by atoms with Crippen molar-refractivity contribution in [3.63, 3.8) is 0 Å². The molecular formula is C19H23ClFNO5S. The van der Waals surface area contributed by atoms with E-state index in [2.05, 4.69) is 0 Å². The fourth-order valence-corrected chi connectivity index (χ4v) is 4.17. The topological polar surface area (TPSA) is 65.1 Å². The molecule has 0 unspecified atom stereocenters. The standard InChI is InChI=1S/C19H23ClFNO5S/c1-13-5-7-15(8-6-13)28(23,24)22(12-19(26-3)27-4)11-14-9-18(25-2)17(21)10-16(14)20/h5-10,19H,11-12H2,1-4H3. The molecule has 0 aliphatic rings. The highest BCUT2D eigenvalue weighted by atomic mass is 35.5. The second kappa shape index (κ2) is 9.67. The van der Waals surface area contributed by atoms with E-state index in [0.29, 0.717) is 5.56 Å². The van der Waals surface area contributed by atoms with Crippen LogP contribution in [0.4, 0.5) is 4.39 Å². The number of sulfonamides is 1. The number of rotatable bonds is 9. The van der Waals surface area contributed by atoms with Gasteiger partial charge in [0.1, 0.15) is 0 Å². The molecule has 2 aromatic carbocycles. The van der Waals surface area contributed by atoms with Crippen LogP contribution < -0.4 is 4.74 Å². The third kappa shape index (κ3) is 5.21. The number of hydrogen-bond donors (Lipinski definition) is 0. The number of halogens is 2. The van der Waals surface area contributed by atoms with Crippen molar-refractivity contribution in [3.05, 3.63) is 58.4 Å². The molecule has 0 fully saturated rings. The molecule has 2 aromatic rings. The lowest BCUT2D eigenvalue weighted by Crippen LogP contribution is -2.38. The average molecular weight is 432 g/mol. The maximum atomic E-state index is 13.8. The van der Waals surface area contributed by atoms with Crippen LogP contribution in [0.5, 0.6) is 5.75 Å². The third-order valence-electron chi connectivity index (χ3n) is 4.20. The molecule has 0 saturated heterocycles. The van der Waals surface area contributed by atoms with Crippen LogP contribution in [0.2, 0.25) is 5.02 Å². The van der Waals surface area contributed by atoms with Crippen LogP contribution >= 0.6 is 11.6 Å². The Hall–Kier alpha value is -1.71. The number of methoxy groups -OCH3 is 3. The Morgan fingerprint density at radius 2 is 1.71 bits per heavy atom. The Kier molecular flexibility index (Phi) is 7.79. The summed E-state index contributed by atoms with van der Waals surface area (Å²) in [6.45, 7) is 1.67. The molecule has 0 saturated carbocycles. The fraction of sp³-hybridized carbons (Fsp3) is 0.368. The van der Waals surface area contributed by atoms with Crippen LogP contribution in [0, 0.1) is 12.7 Å². The summed E-state index contributed by atoms with van der Waals surface area (Å²) in [7, 11) is 0.255. The number of ether oxygens (including phenoxy) is 3. The van der Waals surface area contributed by atoms with Gasteiger partial charge < -0.3 is 14.2 Å². The molecule has 2 rings (SSSR count). The lowest BCUT2D eigenvalue weighted by molar-refractivity contribution is -0.108. The van der Waals surface area contributed by atoms with Gasteiger partial charge in [0.15, 0.2) is 17.9 Å². The lowest BCUT2D eigenvalue weighted by atomic mass is 10.2. The Balaban J connectivity index is 2.46. The van der Waals surface area contributed by atoms with Gasteiger partial charge in [-0.25, -0.2) is 12.8 Å². The summed E-state index contributed by atoms with van der Waals surface area (Å²) >= 11 is 6.14. The summed E-state index contributed by atoms with van der Waals surface area (Å²) in [6, 6.07) is 8.95. The highest BCUT2D eigenvalue weighted by Crippen LogP contribution is 2.29. The normalized spacial score (nSPS) is 12.0. The first-order chi connectivity index (χ1) is 13.2. The van der Waals surface area contributed by atoms with Crippen LogP contribution in [0.15, 0.2) is 41.3 Å². The van der Waals surface area contributed by atoms with Crippen molar-refractivity contribution < 1.29 is 27.0 Å². The second-order valence-electron chi connectivity index (χ2n) is 6.09. The molecule has 0 amide bonds. The summed E-state index contributed by atoms with van der Waals surface area (Å²) in [4.78, 5) is 0.120. The van der Waals surface area contributed by atoms with E-state index >= 15 is 0 Å². The van der Waals surface area contributed by atoms with Gasteiger partial charge in [-0.15, -0.1) is 0 Å². The predicted octanol–water partition coefficient (Wildman–Crippen LogP) is 3.61. The molecule has 154 valence electrons. The van der Waals surface area contributed by atoms with Crippen molar-refractivity contribution in [3.8, 4) is 5.75 Å². The van der Waals surface area contributed by atoms with E-state index in [1.54, 1.807) is 12.1 Å². The molecule has 28 heavy (non-hydrogen) atoms. The van der Waals surface area contributed by atoms with E-state index in [1.807, 2.05) is 6.92 Å².